The van der Waals surface area contributed by atoms with E-state index in [4.69, 9.17) is 6.42 Å². The molecule has 17 heavy (non-hydrogen) atoms. The van der Waals surface area contributed by atoms with Crippen molar-refractivity contribution in [3.8, 4) is 12.3 Å². The first-order valence-corrected chi connectivity index (χ1v) is 5.87. The van der Waals surface area contributed by atoms with Crippen LogP contribution in [-0.2, 0) is 0 Å². The molecule has 1 aromatic carbocycles. The van der Waals surface area contributed by atoms with Gasteiger partial charge in [0, 0.05) is 24.0 Å². The fourth-order valence-corrected chi connectivity index (χ4v) is 2.09. The van der Waals surface area contributed by atoms with Crippen molar-refractivity contribution >= 4 is 10.9 Å². The summed E-state index contributed by atoms with van der Waals surface area (Å²) in [6.45, 7) is 3.00. The van der Waals surface area contributed by atoms with Crippen molar-refractivity contribution in [1.29, 1.82) is 0 Å². The fraction of sp³-hybridized carbons (Fsp3) is 0.267. The summed E-state index contributed by atoms with van der Waals surface area (Å²) in [6, 6.07) is 10.4. The Morgan fingerprint density at radius 1 is 1.35 bits per heavy atom. The predicted octanol–water partition coefficient (Wildman–Crippen LogP) is 2.91. The molecule has 0 fully saturated rings. The third kappa shape index (κ3) is 2.46. The number of aromatic nitrogens is 1. The minimum Gasteiger partial charge on any atom is -0.309 e. The van der Waals surface area contributed by atoms with Gasteiger partial charge >= 0.3 is 0 Å². The van der Waals surface area contributed by atoms with Crippen molar-refractivity contribution in [1.82, 2.24) is 10.3 Å². The summed E-state index contributed by atoms with van der Waals surface area (Å²) < 4.78 is 0. The number of fused-ring (bicyclic) bond motifs is 1. The molecule has 2 heteroatoms. The van der Waals surface area contributed by atoms with E-state index in [0.29, 0.717) is 6.42 Å². The van der Waals surface area contributed by atoms with E-state index >= 15 is 0 Å². The van der Waals surface area contributed by atoms with Crippen LogP contribution < -0.4 is 5.32 Å². The average Bonchev–Trinajstić information content (AvgIpc) is 2.38. The second-order valence-corrected chi connectivity index (χ2v) is 3.94. The molecule has 0 aliphatic rings. The highest BCUT2D eigenvalue weighted by Gasteiger charge is 2.11. The summed E-state index contributed by atoms with van der Waals surface area (Å²) in [5.74, 6) is 2.73. The van der Waals surface area contributed by atoms with Crippen LogP contribution in [0, 0.1) is 12.3 Å². The smallest absolute Gasteiger partial charge is 0.0705 e. The zero-order valence-corrected chi connectivity index (χ0v) is 9.98. The molecule has 0 amide bonds. The third-order valence-electron chi connectivity index (χ3n) is 2.83. The second kappa shape index (κ2) is 5.47. The summed E-state index contributed by atoms with van der Waals surface area (Å²) in [6.07, 6.45) is 7.95. The Labute approximate surface area is 102 Å². The quantitative estimate of drug-likeness (QED) is 0.808. The molecule has 1 aromatic heterocycles. The van der Waals surface area contributed by atoms with Crippen LogP contribution in [-0.4, -0.2) is 11.5 Å². The number of benzene rings is 1. The van der Waals surface area contributed by atoms with Gasteiger partial charge in [-0.3, -0.25) is 4.98 Å². The standard InChI is InChI=1S/C15H16N2/c1-3-7-14(16-4-2)12-8-5-10-15-13(12)9-6-11-17-15/h1,5-6,8-11,14,16H,4,7H2,2H3. The number of rotatable bonds is 4. The van der Waals surface area contributed by atoms with Gasteiger partial charge < -0.3 is 5.32 Å². The summed E-state index contributed by atoms with van der Waals surface area (Å²) in [5.41, 5.74) is 2.25. The fourth-order valence-electron chi connectivity index (χ4n) is 2.09. The number of hydrogen-bond acceptors (Lipinski definition) is 2. The molecule has 0 bridgehead atoms. The normalized spacial score (nSPS) is 12.2. The summed E-state index contributed by atoms with van der Waals surface area (Å²) in [5, 5.41) is 4.60. The molecule has 86 valence electrons. The number of pyridine rings is 1. The highest BCUT2D eigenvalue weighted by atomic mass is 14.9. The molecule has 1 heterocycles. The van der Waals surface area contributed by atoms with E-state index in [1.807, 2.05) is 24.4 Å². The van der Waals surface area contributed by atoms with Crippen molar-refractivity contribution in [3.05, 3.63) is 42.1 Å². The van der Waals surface area contributed by atoms with Gasteiger partial charge in [0.2, 0.25) is 0 Å². The van der Waals surface area contributed by atoms with Gasteiger partial charge in [0.1, 0.15) is 0 Å². The summed E-state index contributed by atoms with van der Waals surface area (Å²) in [7, 11) is 0. The highest BCUT2D eigenvalue weighted by Crippen LogP contribution is 2.24. The van der Waals surface area contributed by atoms with Crippen LogP contribution in [0.5, 0.6) is 0 Å². The van der Waals surface area contributed by atoms with Gasteiger partial charge in [0.25, 0.3) is 0 Å². The van der Waals surface area contributed by atoms with Crippen molar-refractivity contribution < 1.29 is 0 Å². The van der Waals surface area contributed by atoms with Crippen LogP contribution in [0.2, 0.25) is 0 Å². The summed E-state index contributed by atoms with van der Waals surface area (Å²) >= 11 is 0. The zero-order valence-electron chi connectivity index (χ0n) is 9.98. The molecule has 0 radical (unpaired) electrons. The lowest BCUT2D eigenvalue weighted by Gasteiger charge is -2.17. The topological polar surface area (TPSA) is 24.9 Å². The van der Waals surface area contributed by atoms with Crippen LogP contribution in [0.1, 0.15) is 24.9 Å². The van der Waals surface area contributed by atoms with Crippen LogP contribution in [0.3, 0.4) is 0 Å². The van der Waals surface area contributed by atoms with Gasteiger partial charge in [-0.05, 0) is 24.2 Å². The molecule has 2 rings (SSSR count). The van der Waals surface area contributed by atoms with E-state index < -0.39 is 0 Å². The molecule has 0 spiro atoms. The Balaban J connectivity index is 2.49. The van der Waals surface area contributed by atoms with Crippen LogP contribution in [0.4, 0.5) is 0 Å². The molecule has 1 atom stereocenters. The minimum absolute atomic E-state index is 0.206. The Bertz CT molecular complexity index is 535. The molecule has 2 nitrogen and oxygen atoms in total. The molecule has 0 aliphatic heterocycles. The van der Waals surface area contributed by atoms with Crippen molar-refractivity contribution in [2.45, 2.75) is 19.4 Å². The van der Waals surface area contributed by atoms with E-state index in [-0.39, 0.29) is 6.04 Å². The van der Waals surface area contributed by atoms with Gasteiger partial charge in [-0.25, -0.2) is 0 Å². The maximum absolute atomic E-state index is 5.44. The Kier molecular flexibility index (Phi) is 3.74. The third-order valence-corrected chi connectivity index (χ3v) is 2.83. The predicted molar refractivity (Wildman–Crippen MR) is 71.6 cm³/mol. The SMILES string of the molecule is C#CCC(NCC)c1cccc2ncccc12. The first-order valence-electron chi connectivity index (χ1n) is 5.87. The zero-order chi connectivity index (χ0) is 12.1. The first-order chi connectivity index (χ1) is 8.36. The van der Waals surface area contributed by atoms with Gasteiger partial charge in [0.05, 0.1) is 5.52 Å². The highest BCUT2D eigenvalue weighted by molar-refractivity contribution is 5.82. The van der Waals surface area contributed by atoms with Gasteiger partial charge in [0.15, 0.2) is 0 Å². The molecule has 0 saturated heterocycles. The molecular formula is C15H16N2. The summed E-state index contributed by atoms with van der Waals surface area (Å²) in [4.78, 5) is 4.37. The molecule has 2 aromatic rings. The van der Waals surface area contributed by atoms with Crippen LogP contribution in [0.25, 0.3) is 10.9 Å². The Morgan fingerprint density at radius 3 is 3.00 bits per heavy atom. The van der Waals surface area contributed by atoms with Crippen LogP contribution >= 0.6 is 0 Å². The molecule has 1 unspecified atom stereocenters. The monoisotopic (exact) mass is 224 g/mol. The largest absolute Gasteiger partial charge is 0.309 e. The van der Waals surface area contributed by atoms with Crippen molar-refractivity contribution in [2.24, 2.45) is 0 Å². The minimum atomic E-state index is 0.206. The Hall–Kier alpha value is -1.85. The van der Waals surface area contributed by atoms with Crippen molar-refractivity contribution in [3.63, 3.8) is 0 Å². The number of nitrogens with zero attached hydrogens (tertiary/aromatic N) is 1. The molecular weight excluding hydrogens is 208 g/mol. The lowest BCUT2D eigenvalue weighted by atomic mass is 9.99. The lowest BCUT2D eigenvalue weighted by molar-refractivity contribution is 0.569. The first kappa shape index (κ1) is 11.6. The average molecular weight is 224 g/mol. The van der Waals surface area contributed by atoms with Gasteiger partial charge in [-0.1, -0.05) is 25.1 Å². The number of terminal acetylenes is 1. The maximum Gasteiger partial charge on any atom is 0.0705 e. The van der Waals surface area contributed by atoms with E-state index in [9.17, 15) is 0 Å². The van der Waals surface area contributed by atoms with E-state index in [0.717, 1.165) is 12.1 Å². The van der Waals surface area contributed by atoms with Crippen LogP contribution in [0.15, 0.2) is 36.5 Å². The second-order valence-electron chi connectivity index (χ2n) is 3.94. The maximum atomic E-state index is 5.44. The molecule has 0 aliphatic carbocycles. The van der Waals surface area contributed by atoms with E-state index in [2.05, 4.69) is 35.3 Å². The lowest BCUT2D eigenvalue weighted by Crippen LogP contribution is -2.20. The van der Waals surface area contributed by atoms with E-state index in [1.54, 1.807) is 0 Å². The Morgan fingerprint density at radius 2 is 2.24 bits per heavy atom. The molecule has 1 N–H and O–H groups in total. The number of hydrogen-bond donors (Lipinski definition) is 1. The van der Waals surface area contributed by atoms with E-state index in [1.165, 1.54) is 10.9 Å². The molecule has 0 saturated carbocycles. The number of nitrogens with one attached hydrogen (secondary N) is 1. The van der Waals surface area contributed by atoms with Gasteiger partial charge in [-0.2, -0.15) is 0 Å². The van der Waals surface area contributed by atoms with Crippen molar-refractivity contribution in [2.75, 3.05) is 6.54 Å². The van der Waals surface area contributed by atoms with Gasteiger partial charge in [-0.15, -0.1) is 12.3 Å².